The van der Waals surface area contributed by atoms with Crippen molar-refractivity contribution in [1.29, 1.82) is 0 Å². The Hall–Kier alpha value is -0.250. The van der Waals surface area contributed by atoms with Gasteiger partial charge in [0.25, 0.3) is 0 Å². The second kappa shape index (κ2) is 4.09. The van der Waals surface area contributed by atoms with Crippen LogP contribution in [0.3, 0.4) is 0 Å². The Morgan fingerprint density at radius 1 is 1.43 bits per heavy atom. The van der Waals surface area contributed by atoms with Crippen LogP contribution in [0.5, 0.6) is 5.75 Å². The lowest BCUT2D eigenvalue weighted by molar-refractivity contribution is 0.415. The number of benzene rings is 1. The largest absolute Gasteiger partial charge is 0.497 e. The molecular formula is C10H8BrClOS. The van der Waals surface area contributed by atoms with Gasteiger partial charge in [-0.2, -0.15) is 0 Å². The Morgan fingerprint density at radius 2 is 2.21 bits per heavy atom. The minimum atomic E-state index is 0.815. The first-order valence-corrected chi connectivity index (χ1v) is 6.38. The number of ether oxygens (including phenoxy) is 1. The summed E-state index contributed by atoms with van der Waals surface area (Å²) in [6.45, 7) is 0. The first-order chi connectivity index (χ1) is 6.74. The van der Waals surface area contributed by atoms with Gasteiger partial charge in [0.2, 0.25) is 0 Å². The number of methoxy groups -OCH3 is 1. The first kappa shape index (κ1) is 10.3. The summed E-state index contributed by atoms with van der Waals surface area (Å²) in [6.07, 6.45) is 0. The predicted molar refractivity (Wildman–Crippen MR) is 66.0 cm³/mol. The number of hydrogen-bond donors (Lipinski definition) is 0. The maximum Gasteiger partial charge on any atom is 0.119 e. The lowest BCUT2D eigenvalue weighted by Crippen LogP contribution is -1.84. The molecule has 74 valence electrons. The van der Waals surface area contributed by atoms with Gasteiger partial charge < -0.3 is 4.74 Å². The number of halogens is 2. The summed E-state index contributed by atoms with van der Waals surface area (Å²) in [5.41, 5.74) is 1.22. The summed E-state index contributed by atoms with van der Waals surface area (Å²) in [5.74, 6) is 0.876. The molecule has 0 saturated heterocycles. The first-order valence-electron chi connectivity index (χ1n) is 4.06. The van der Waals surface area contributed by atoms with Crippen LogP contribution in [-0.4, -0.2) is 7.11 Å². The smallest absolute Gasteiger partial charge is 0.119 e. The van der Waals surface area contributed by atoms with Crippen molar-refractivity contribution in [2.45, 2.75) is 5.33 Å². The number of thiophene rings is 1. The molecule has 14 heavy (non-hydrogen) atoms. The molecule has 0 aliphatic heterocycles. The van der Waals surface area contributed by atoms with Gasteiger partial charge in [0.15, 0.2) is 0 Å². The minimum Gasteiger partial charge on any atom is -0.497 e. The highest BCUT2D eigenvalue weighted by molar-refractivity contribution is 9.08. The Kier molecular flexibility index (Phi) is 3.00. The second-order valence-electron chi connectivity index (χ2n) is 2.89. The zero-order chi connectivity index (χ0) is 10.1. The molecule has 0 saturated carbocycles. The molecule has 0 unspecified atom stereocenters. The van der Waals surface area contributed by atoms with Gasteiger partial charge in [0.1, 0.15) is 5.75 Å². The van der Waals surface area contributed by atoms with E-state index >= 15 is 0 Å². The molecule has 1 aromatic heterocycles. The molecule has 0 fully saturated rings. The standard InChI is InChI=1S/C10H8BrClOS/c1-13-8-2-6-4-9(12)14-10(6)7(3-8)5-11/h2-4H,5H2,1H3. The summed E-state index contributed by atoms with van der Waals surface area (Å²) in [5, 5.41) is 1.96. The lowest BCUT2D eigenvalue weighted by atomic mass is 10.2. The van der Waals surface area contributed by atoms with Crippen LogP contribution < -0.4 is 4.74 Å². The summed E-state index contributed by atoms with van der Waals surface area (Å²) < 4.78 is 7.26. The van der Waals surface area contributed by atoms with Gasteiger partial charge >= 0.3 is 0 Å². The van der Waals surface area contributed by atoms with E-state index in [4.69, 9.17) is 16.3 Å². The Labute approximate surface area is 99.8 Å². The third-order valence-electron chi connectivity index (χ3n) is 2.02. The van der Waals surface area contributed by atoms with Crippen molar-refractivity contribution in [3.63, 3.8) is 0 Å². The van der Waals surface area contributed by atoms with Crippen LogP contribution in [0.1, 0.15) is 5.56 Å². The molecule has 0 aliphatic rings. The van der Waals surface area contributed by atoms with E-state index < -0.39 is 0 Å². The topological polar surface area (TPSA) is 9.23 Å². The van der Waals surface area contributed by atoms with Crippen molar-refractivity contribution >= 4 is 49.0 Å². The summed E-state index contributed by atoms with van der Waals surface area (Å²) in [4.78, 5) is 0. The molecule has 1 nitrogen and oxygen atoms in total. The lowest BCUT2D eigenvalue weighted by Gasteiger charge is -2.03. The molecule has 0 bridgehead atoms. The average Bonchev–Trinajstić information content (AvgIpc) is 2.56. The maximum atomic E-state index is 5.97. The van der Waals surface area contributed by atoms with Crippen LogP contribution in [0.25, 0.3) is 10.1 Å². The maximum absolute atomic E-state index is 5.97. The van der Waals surface area contributed by atoms with E-state index in [1.54, 1.807) is 18.4 Å². The molecule has 2 rings (SSSR count). The number of alkyl halides is 1. The highest BCUT2D eigenvalue weighted by atomic mass is 79.9. The van der Waals surface area contributed by atoms with E-state index in [1.807, 2.05) is 18.2 Å². The Balaban J connectivity index is 2.72. The van der Waals surface area contributed by atoms with E-state index in [0.717, 1.165) is 20.8 Å². The average molecular weight is 292 g/mol. The molecule has 0 amide bonds. The van der Waals surface area contributed by atoms with Crippen LogP contribution in [0.4, 0.5) is 0 Å². The Bertz CT molecular complexity index is 466. The predicted octanol–water partition coefficient (Wildman–Crippen LogP) is 4.46. The van der Waals surface area contributed by atoms with E-state index in [2.05, 4.69) is 15.9 Å². The summed E-state index contributed by atoms with van der Waals surface area (Å²) in [7, 11) is 1.67. The highest BCUT2D eigenvalue weighted by Crippen LogP contribution is 2.35. The van der Waals surface area contributed by atoms with Crippen LogP contribution in [-0.2, 0) is 5.33 Å². The third-order valence-corrected chi connectivity index (χ3v) is 3.98. The van der Waals surface area contributed by atoms with Gasteiger partial charge in [-0.25, -0.2) is 0 Å². The van der Waals surface area contributed by atoms with Gasteiger partial charge in [-0.1, -0.05) is 27.5 Å². The quantitative estimate of drug-likeness (QED) is 0.742. The fraction of sp³-hybridized carbons (Fsp3) is 0.200. The monoisotopic (exact) mass is 290 g/mol. The van der Waals surface area contributed by atoms with E-state index in [-0.39, 0.29) is 0 Å². The van der Waals surface area contributed by atoms with Crippen molar-refractivity contribution in [2.24, 2.45) is 0 Å². The van der Waals surface area contributed by atoms with Crippen LogP contribution in [0.15, 0.2) is 18.2 Å². The molecule has 0 aliphatic carbocycles. The molecule has 0 radical (unpaired) electrons. The zero-order valence-corrected chi connectivity index (χ0v) is 10.7. The van der Waals surface area contributed by atoms with Crippen molar-refractivity contribution in [2.75, 3.05) is 7.11 Å². The minimum absolute atomic E-state index is 0.815. The third kappa shape index (κ3) is 1.76. The van der Waals surface area contributed by atoms with Gasteiger partial charge in [-0.05, 0) is 29.1 Å². The van der Waals surface area contributed by atoms with Gasteiger partial charge in [0, 0.05) is 10.0 Å². The molecule has 1 aromatic carbocycles. The number of rotatable bonds is 2. The summed E-state index contributed by atoms with van der Waals surface area (Å²) >= 11 is 11.0. The summed E-state index contributed by atoms with van der Waals surface area (Å²) in [6, 6.07) is 6.00. The van der Waals surface area contributed by atoms with Crippen molar-refractivity contribution in [3.05, 3.63) is 28.1 Å². The van der Waals surface area contributed by atoms with Gasteiger partial charge in [0.05, 0.1) is 11.4 Å². The van der Waals surface area contributed by atoms with E-state index in [0.29, 0.717) is 0 Å². The van der Waals surface area contributed by atoms with Gasteiger partial charge in [-0.15, -0.1) is 11.3 Å². The van der Waals surface area contributed by atoms with Crippen LogP contribution >= 0.6 is 38.9 Å². The van der Waals surface area contributed by atoms with E-state index in [1.165, 1.54) is 10.3 Å². The molecule has 1 heterocycles. The molecule has 0 spiro atoms. The van der Waals surface area contributed by atoms with Crippen molar-refractivity contribution < 1.29 is 4.74 Å². The van der Waals surface area contributed by atoms with E-state index in [9.17, 15) is 0 Å². The molecular weight excluding hydrogens is 284 g/mol. The normalized spacial score (nSPS) is 10.8. The molecule has 0 atom stereocenters. The number of hydrogen-bond acceptors (Lipinski definition) is 2. The van der Waals surface area contributed by atoms with Gasteiger partial charge in [-0.3, -0.25) is 0 Å². The van der Waals surface area contributed by atoms with Crippen LogP contribution in [0, 0.1) is 0 Å². The fourth-order valence-electron chi connectivity index (χ4n) is 1.38. The van der Waals surface area contributed by atoms with Crippen molar-refractivity contribution in [3.8, 4) is 5.75 Å². The Morgan fingerprint density at radius 3 is 2.86 bits per heavy atom. The molecule has 4 heteroatoms. The van der Waals surface area contributed by atoms with Crippen molar-refractivity contribution in [1.82, 2.24) is 0 Å². The SMILES string of the molecule is COc1cc(CBr)c2sc(Cl)cc2c1. The second-order valence-corrected chi connectivity index (χ2v) is 5.13. The molecule has 2 aromatic rings. The highest BCUT2D eigenvalue weighted by Gasteiger charge is 2.07. The zero-order valence-electron chi connectivity index (χ0n) is 7.51. The number of fused-ring (bicyclic) bond motifs is 1. The fourth-order valence-corrected chi connectivity index (χ4v) is 3.24. The van der Waals surface area contributed by atoms with Crippen LogP contribution in [0.2, 0.25) is 4.34 Å². The molecule has 0 N–H and O–H groups in total.